The first-order chi connectivity index (χ1) is 5.41. The number of halogens is 4. The van der Waals surface area contributed by atoms with Gasteiger partial charge in [0.2, 0.25) is 0 Å². The van der Waals surface area contributed by atoms with Crippen molar-refractivity contribution in [3.8, 4) is 0 Å². The van der Waals surface area contributed by atoms with E-state index in [2.05, 4.69) is 15.9 Å². The Morgan fingerprint density at radius 3 is 1.92 bits per heavy atom. The van der Waals surface area contributed by atoms with E-state index in [1.165, 1.54) is 0 Å². The summed E-state index contributed by atoms with van der Waals surface area (Å²) in [5.74, 6) is -1.00. The molecule has 0 amide bonds. The molecule has 2 aliphatic rings. The highest BCUT2D eigenvalue weighted by Gasteiger charge is 2.59. The van der Waals surface area contributed by atoms with Crippen molar-refractivity contribution in [1.29, 1.82) is 0 Å². The number of hydrogen-bond acceptors (Lipinski definition) is 0. The fourth-order valence-corrected chi connectivity index (χ4v) is 3.80. The minimum Gasteiger partial charge on any atom is -0.171 e. The summed E-state index contributed by atoms with van der Waals surface area (Å²) in [6.07, 6.45) is -1.31. The van der Waals surface area contributed by atoms with E-state index in [0.717, 1.165) is 12.8 Å². The lowest BCUT2D eigenvalue weighted by molar-refractivity contribution is -0.232. The molecule has 4 heteroatoms. The standard InChI is InChI=1S/C8H10BrF3/c9-6-3-7(4-6)1-5(2-7)8(10,11)12/h5-6H,1-4H2. The summed E-state index contributed by atoms with van der Waals surface area (Å²) in [5.41, 5.74) is 0.0777. The molecule has 0 atom stereocenters. The molecule has 2 aliphatic carbocycles. The smallest absolute Gasteiger partial charge is 0.171 e. The third kappa shape index (κ3) is 1.28. The SMILES string of the molecule is FC(F)(F)C1CC2(CC(Br)C2)C1. The van der Waals surface area contributed by atoms with E-state index < -0.39 is 12.1 Å². The molecule has 2 saturated carbocycles. The van der Waals surface area contributed by atoms with E-state index in [4.69, 9.17) is 0 Å². The third-order valence-corrected chi connectivity index (χ3v) is 3.78. The van der Waals surface area contributed by atoms with E-state index in [0.29, 0.717) is 17.7 Å². The first kappa shape index (κ1) is 8.85. The molecule has 0 nitrogen and oxygen atoms in total. The van der Waals surface area contributed by atoms with Crippen LogP contribution in [-0.4, -0.2) is 11.0 Å². The van der Waals surface area contributed by atoms with Gasteiger partial charge in [-0.25, -0.2) is 0 Å². The summed E-state index contributed by atoms with van der Waals surface area (Å²) in [6.45, 7) is 0. The zero-order valence-corrected chi connectivity index (χ0v) is 8.08. The second-order valence-electron chi connectivity index (χ2n) is 4.15. The van der Waals surface area contributed by atoms with Crippen LogP contribution < -0.4 is 0 Å². The molecule has 0 saturated heterocycles. The Labute approximate surface area is 77.6 Å². The maximum absolute atomic E-state index is 12.1. The molecule has 2 fully saturated rings. The van der Waals surface area contributed by atoms with Gasteiger partial charge in [-0.15, -0.1) is 0 Å². The van der Waals surface area contributed by atoms with Crippen molar-refractivity contribution in [3.05, 3.63) is 0 Å². The van der Waals surface area contributed by atoms with Gasteiger partial charge in [-0.1, -0.05) is 15.9 Å². The van der Waals surface area contributed by atoms with Gasteiger partial charge in [0.1, 0.15) is 0 Å². The van der Waals surface area contributed by atoms with E-state index in [1.807, 2.05) is 0 Å². The molecular formula is C8H10BrF3. The van der Waals surface area contributed by atoms with Crippen molar-refractivity contribution in [2.75, 3.05) is 0 Å². The Hall–Kier alpha value is 0.270. The van der Waals surface area contributed by atoms with Crippen LogP contribution in [-0.2, 0) is 0 Å². The molecule has 12 heavy (non-hydrogen) atoms. The topological polar surface area (TPSA) is 0 Å². The van der Waals surface area contributed by atoms with Crippen LogP contribution in [0.3, 0.4) is 0 Å². The van der Waals surface area contributed by atoms with Crippen LogP contribution in [0.15, 0.2) is 0 Å². The molecule has 0 heterocycles. The molecule has 0 aliphatic heterocycles. The Bertz CT molecular complexity index is 185. The minimum atomic E-state index is -3.94. The first-order valence-corrected chi connectivity index (χ1v) is 5.04. The summed E-state index contributed by atoms with van der Waals surface area (Å²) >= 11 is 3.40. The van der Waals surface area contributed by atoms with Crippen LogP contribution in [0.2, 0.25) is 0 Å². The van der Waals surface area contributed by atoms with Crippen LogP contribution in [0.25, 0.3) is 0 Å². The summed E-state index contributed by atoms with van der Waals surface area (Å²) in [4.78, 5) is 0.478. The second kappa shape index (κ2) is 2.40. The fraction of sp³-hybridized carbons (Fsp3) is 1.00. The van der Waals surface area contributed by atoms with Gasteiger partial charge >= 0.3 is 6.18 Å². The zero-order chi connectivity index (χ0) is 8.98. The molecule has 0 aromatic rings. The van der Waals surface area contributed by atoms with Crippen molar-refractivity contribution in [1.82, 2.24) is 0 Å². The fourth-order valence-electron chi connectivity index (χ4n) is 2.43. The highest BCUT2D eigenvalue weighted by Crippen LogP contribution is 2.63. The monoisotopic (exact) mass is 242 g/mol. The van der Waals surface area contributed by atoms with Crippen molar-refractivity contribution in [2.24, 2.45) is 11.3 Å². The molecule has 1 spiro atoms. The van der Waals surface area contributed by atoms with Gasteiger partial charge in [0.05, 0.1) is 5.92 Å². The highest BCUT2D eigenvalue weighted by molar-refractivity contribution is 9.09. The maximum Gasteiger partial charge on any atom is 0.391 e. The lowest BCUT2D eigenvalue weighted by Gasteiger charge is -2.56. The summed E-state index contributed by atoms with van der Waals surface area (Å²) in [5, 5.41) is 0. The summed E-state index contributed by atoms with van der Waals surface area (Å²) in [7, 11) is 0. The van der Waals surface area contributed by atoms with E-state index in [1.54, 1.807) is 0 Å². The molecule has 0 N–H and O–H groups in total. The van der Waals surface area contributed by atoms with Crippen molar-refractivity contribution in [2.45, 2.75) is 36.7 Å². The Morgan fingerprint density at radius 1 is 1.08 bits per heavy atom. The first-order valence-electron chi connectivity index (χ1n) is 4.12. The summed E-state index contributed by atoms with van der Waals surface area (Å²) in [6, 6.07) is 0. The third-order valence-electron chi connectivity index (χ3n) is 3.13. The van der Waals surface area contributed by atoms with Gasteiger partial charge in [0.15, 0.2) is 0 Å². The molecule has 0 aromatic heterocycles. The van der Waals surface area contributed by atoms with Crippen molar-refractivity contribution < 1.29 is 13.2 Å². The van der Waals surface area contributed by atoms with Gasteiger partial charge in [-0.2, -0.15) is 13.2 Å². The van der Waals surface area contributed by atoms with Crippen molar-refractivity contribution in [3.63, 3.8) is 0 Å². The Morgan fingerprint density at radius 2 is 1.58 bits per heavy atom. The van der Waals surface area contributed by atoms with Gasteiger partial charge in [0.25, 0.3) is 0 Å². The van der Waals surface area contributed by atoms with Crippen LogP contribution in [0.1, 0.15) is 25.7 Å². The van der Waals surface area contributed by atoms with Gasteiger partial charge in [-0.05, 0) is 31.1 Å². The zero-order valence-electron chi connectivity index (χ0n) is 6.49. The number of rotatable bonds is 0. The average molecular weight is 243 g/mol. The van der Waals surface area contributed by atoms with Gasteiger partial charge in [0, 0.05) is 4.83 Å². The Kier molecular flexibility index (Phi) is 1.77. The number of hydrogen-bond donors (Lipinski definition) is 0. The second-order valence-corrected chi connectivity index (χ2v) is 5.45. The van der Waals surface area contributed by atoms with E-state index in [-0.39, 0.29) is 5.41 Å². The molecule has 70 valence electrons. The van der Waals surface area contributed by atoms with Crippen LogP contribution in [0.5, 0.6) is 0 Å². The quantitative estimate of drug-likeness (QED) is 0.571. The largest absolute Gasteiger partial charge is 0.391 e. The van der Waals surface area contributed by atoms with Crippen LogP contribution >= 0.6 is 15.9 Å². The molecule has 2 rings (SSSR count). The van der Waals surface area contributed by atoms with Crippen LogP contribution in [0, 0.1) is 11.3 Å². The van der Waals surface area contributed by atoms with Gasteiger partial charge in [-0.3, -0.25) is 0 Å². The highest BCUT2D eigenvalue weighted by atomic mass is 79.9. The minimum absolute atomic E-state index is 0.0777. The normalized spacial score (nSPS) is 47.0. The maximum atomic E-state index is 12.1. The predicted molar refractivity (Wildman–Crippen MR) is 43.2 cm³/mol. The van der Waals surface area contributed by atoms with E-state index in [9.17, 15) is 13.2 Å². The summed E-state index contributed by atoms with van der Waals surface area (Å²) < 4.78 is 36.3. The molecule has 0 unspecified atom stereocenters. The average Bonchev–Trinajstić information content (AvgIpc) is 1.71. The predicted octanol–water partition coefficient (Wildman–Crippen LogP) is 3.50. The Balaban J connectivity index is 1.85. The number of alkyl halides is 4. The van der Waals surface area contributed by atoms with E-state index >= 15 is 0 Å². The molecular weight excluding hydrogens is 233 g/mol. The van der Waals surface area contributed by atoms with Gasteiger partial charge < -0.3 is 0 Å². The lowest BCUT2D eigenvalue weighted by Crippen LogP contribution is -2.52. The molecule has 0 aromatic carbocycles. The lowest BCUT2D eigenvalue weighted by atomic mass is 9.51. The molecule has 0 bridgehead atoms. The molecule has 0 radical (unpaired) electrons. The van der Waals surface area contributed by atoms with Crippen molar-refractivity contribution >= 4 is 15.9 Å². The van der Waals surface area contributed by atoms with Crippen LogP contribution in [0.4, 0.5) is 13.2 Å².